The average molecular weight is 314 g/mol. The molecule has 0 bridgehead atoms. The van der Waals surface area contributed by atoms with Gasteiger partial charge in [0.2, 0.25) is 0 Å². The maximum absolute atomic E-state index is 4.30. The minimum Gasteiger partial charge on any atom is -0.303 e. The van der Waals surface area contributed by atoms with Crippen molar-refractivity contribution in [2.75, 3.05) is 19.6 Å². The van der Waals surface area contributed by atoms with Gasteiger partial charge in [-0.3, -0.25) is 0 Å². The summed E-state index contributed by atoms with van der Waals surface area (Å²) in [7, 11) is 0. The summed E-state index contributed by atoms with van der Waals surface area (Å²) < 4.78 is 0. The largest absolute Gasteiger partial charge is 0.303 e. The van der Waals surface area contributed by atoms with E-state index in [0.29, 0.717) is 5.92 Å². The highest BCUT2D eigenvalue weighted by Crippen LogP contribution is 2.13. The van der Waals surface area contributed by atoms with Gasteiger partial charge in [0.15, 0.2) is 0 Å². The zero-order valence-electron chi connectivity index (χ0n) is 15.9. The molecule has 23 heavy (non-hydrogen) atoms. The molecule has 1 nitrogen and oxygen atoms in total. The molecule has 0 saturated carbocycles. The SMILES string of the molecule is C=C(C)c1ccc/c(=C(/C)CC(C)CN(CCC)CCC)c1=C. The molecule has 1 rings (SSSR count). The van der Waals surface area contributed by atoms with Crippen molar-refractivity contribution in [1.82, 2.24) is 4.90 Å². The van der Waals surface area contributed by atoms with Crippen LogP contribution in [0.1, 0.15) is 59.4 Å². The standard InChI is InChI=1S/C22H35N/c1-8-13-23(14-9-2)16-18(5)15-19(6)22-12-10-11-21(17(3)4)20(22)7/h10-12,18H,3,7-9,13-16H2,1-2,4-6H3/b22-19+. The summed E-state index contributed by atoms with van der Waals surface area (Å²) in [6, 6.07) is 6.45. The Labute approximate surface area is 143 Å². The smallest absolute Gasteiger partial charge is 0.00101 e. The third-order valence-electron chi connectivity index (χ3n) is 4.40. The minimum atomic E-state index is 0.668. The van der Waals surface area contributed by atoms with Gasteiger partial charge < -0.3 is 4.90 Å². The van der Waals surface area contributed by atoms with Crippen molar-refractivity contribution in [3.05, 3.63) is 40.8 Å². The fraction of sp³-hybridized carbons (Fsp3) is 0.545. The fourth-order valence-electron chi connectivity index (χ4n) is 3.45. The molecule has 1 atom stereocenters. The lowest BCUT2D eigenvalue weighted by molar-refractivity contribution is 0.239. The Morgan fingerprint density at radius 1 is 1.13 bits per heavy atom. The summed E-state index contributed by atoms with van der Waals surface area (Å²) in [4.78, 5) is 2.60. The molecule has 0 fully saturated rings. The molecular formula is C22H35N. The average Bonchev–Trinajstić information content (AvgIpc) is 2.47. The summed E-state index contributed by atoms with van der Waals surface area (Å²) in [6.45, 7) is 23.2. The van der Waals surface area contributed by atoms with E-state index >= 15 is 0 Å². The third-order valence-corrected chi connectivity index (χ3v) is 4.40. The first-order chi connectivity index (χ1) is 10.9. The second kappa shape index (κ2) is 9.72. The minimum absolute atomic E-state index is 0.668. The lowest BCUT2D eigenvalue weighted by Crippen LogP contribution is -2.32. The number of nitrogens with zero attached hydrogens (tertiary/aromatic N) is 1. The second-order valence-corrected chi connectivity index (χ2v) is 7.00. The third kappa shape index (κ3) is 5.99. The molecule has 1 heteroatoms. The van der Waals surface area contributed by atoms with E-state index < -0.39 is 0 Å². The van der Waals surface area contributed by atoms with E-state index in [-0.39, 0.29) is 0 Å². The number of hydrogen-bond donors (Lipinski definition) is 0. The van der Waals surface area contributed by atoms with Crippen LogP contribution >= 0.6 is 0 Å². The Kier molecular flexibility index (Phi) is 8.33. The van der Waals surface area contributed by atoms with E-state index in [2.05, 4.69) is 70.9 Å². The molecule has 0 aliphatic rings. The van der Waals surface area contributed by atoms with Gasteiger partial charge in [0.25, 0.3) is 0 Å². The molecule has 0 amide bonds. The molecule has 1 aromatic carbocycles. The highest BCUT2D eigenvalue weighted by Gasteiger charge is 2.10. The summed E-state index contributed by atoms with van der Waals surface area (Å²) in [5, 5.41) is 2.43. The normalized spacial score (nSPS) is 14.0. The Morgan fingerprint density at radius 3 is 2.26 bits per heavy atom. The molecule has 0 aliphatic heterocycles. The van der Waals surface area contributed by atoms with Crippen LogP contribution in [0, 0.1) is 5.92 Å². The molecular weight excluding hydrogens is 278 g/mol. The second-order valence-electron chi connectivity index (χ2n) is 7.00. The van der Waals surface area contributed by atoms with Gasteiger partial charge in [0.05, 0.1) is 0 Å². The maximum Gasteiger partial charge on any atom is 0.00101 e. The van der Waals surface area contributed by atoms with Crippen molar-refractivity contribution in [3.8, 4) is 0 Å². The first-order valence-corrected chi connectivity index (χ1v) is 9.06. The van der Waals surface area contributed by atoms with Gasteiger partial charge in [-0.1, -0.05) is 63.3 Å². The quantitative estimate of drug-likeness (QED) is 0.651. The van der Waals surface area contributed by atoms with Crippen LogP contribution in [0.2, 0.25) is 0 Å². The Balaban J connectivity index is 2.93. The van der Waals surface area contributed by atoms with Crippen LogP contribution in [0.15, 0.2) is 24.8 Å². The van der Waals surface area contributed by atoms with Crippen molar-refractivity contribution >= 4 is 17.7 Å². The predicted molar refractivity (Wildman–Crippen MR) is 106 cm³/mol. The molecule has 0 heterocycles. The lowest BCUT2D eigenvalue weighted by atomic mass is 9.97. The predicted octanol–water partition coefficient (Wildman–Crippen LogP) is 4.45. The van der Waals surface area contributed by atoms with Gasteiger partial charge >= 0.3 is 0 Å². The number of hydrogen-bond acceptors (Lipinski definition) is 1. The molecule has 0 aliphatic carbocycles. The van der Waals surface area contributed by atoms with Gasteiger partial charge in [0, 0.05) is 6.54 Å². The van der Waals surface area contributed by atoms with Gasteiger partial charge in [-0.25, -0.2) is 0 Å². The summed E-state index contributed by atoms with van der Waals surface area (Å²) in [5.74, 6) is 0.668. The molecule has 0 N–H and O–H groups in total. The van der Waals surface area contributed by atoms with Crippen LogP contribution in [0.3, 0.4) is 0 Å². The van der Waals surface area contributed by atoms with Crippen molar-refractivity contribution in [2.45, 2.75) is 53.9 Å². The van der Waals surface area contributed by atoms with Crippen LogP contribution in [0.5, 0.6) is 0 Å². The maximum atomic E-state index is 4.30. The molecule has 0 spiro atoms. The van der Waals surface area contributed by atoms with Crippen molar-refractivity contribution < 1.29 is 0 Å². The Hall–Kier alpha value is -1.34. The van der Waals surface area contributed by atoms with Gasteiger partial charge in [-0.05, 0) is 68.1 Å². The van der Waals surface area contributed by atoms with E-state index in [4.69, 9.17) is 0 Å². The van der Waals surface area contributed by atoms with Crippen LogP contribution in [-0.4, -0.2) is 24.5 Å². The van der Waals surface area contributed by atoms with Crippen molar-refractivity contribution in [2.24, 2.45) is 5.92 Å². The van der Waals surface area contributed by atoms with E-state index in [1.165, 1.54) is 48.8 Å². The van der Waals surface area contributed by atoms with Gasteiger partial charge in [-0.15, -0.1) is 0 Å². The topological polar surface area (TPSA) is 3.24 Å². The van der Waals surface area contributed by atoms with Crippen molar-refractivity contribution in [3.63, 3.8) is 0 Å². The van der Waals surface area contributed by atoms with Crippen LogP contribution < -0.4 is 10.4 Å². The van der Waals surface area contributed by atoms with E-state index in [1.807, 2.05) is 0 Å². The number of allylic oxidation sites excluding steroid dienone is 1. The van der Waals surface area contributed by atoms with Crippen molar-refractivity contribution in [1.29, 1.82) is 0 Å². The molecule has 128 valence electrons. The molecule has 1 unspecified atom stereocenters. The first-order valence-electron chi connectivity index (χ1n) is 9.06. The summed E-state index contributed by atoms with van der Waals surface area (Å²) in [6.07, 6.45) is 3.60. The molecule has 1 aromatic rings. The number of rotatable bonds is 9. The zero-order chi connectivity index (χ0) is 17.4. The van der Waals surface area contributed by atoms with E-state index in [1.54, 1.807) is 0 Å². The molecule has 0 radical (unpaired) electrons. The highest BCUT2D eigenvalue weighted by molar-refractivity contribution is 5.63. The zero-order valence-corrected chi connectivity index (χ0v) is 15.9. The Bertz CT molecular complexity index is 605. The Morgan fingerprint density at radius 2 is 1.74 bits per heavy atom. The molecule has 0 aromatic heterocycles. The first kappa shape index (κ1) is 19.7. The van der Waals surface area contributed by atoms with Crippen LogP contribution in [-0.2, 0) is 0 Å². The fourth-order valence-corrected chi connectivity index (χ4v) is 3.45. The highest BCUT2D eigenvalue weighted by atomic mass is 15.1. The van der Waals surface area contributed by atoms with Crippen LogP contribution in [0.4, 0.5) is 0 Å². The molecule has 0 saturated heterocycles. The van der Waals surface area contributed by atoms with E-state index in [9.17, 15) is 0 Å². The van der Waals surface area contributed by atoms with E-state index in [0.717, 1.165) is 17.2 Å². The van der Waals surface area contributed by atoms with Crippen LogP contribution in [0.25, 0.3) is 17.7 Å². The number of benzene rings is 1. The summed E-state index contributed by atoms with van der Waals surface area (Å²) in [5.41, 5.74) is 3.72. The lowest BCUT2D eigenvalue weighted by Gasteiger charge is -2.25. The summed E-state index contributed by atoms with van der Waals surface area (Å²) >= 11 is 0. The van der Waals surface area contributed by atoms with Gasteiger partial charge in [0.1, 0.15) is 0 Å². The van der Waals surface area contributed by atoms with Gasteiger partial charge in [-0.2, -0.15) is 0 Å². The monoisotopic (exact) mass is 313 g/mol.